The number of pyridine rings is 1. The van der Waals surface area contributed by atoms with E-state index in [1.807, 2.05) is 32.4 Å². The molecule has 0 saturated carbocycles. The summed E-state index contributed by atoms with van der Waals surface area (Å²) in [5.74, 6) is -0.485. The molecule has 0 aliphatic carbocycles. The van der Waals surface area contributed by atoms with E-state index in [1.54, 1.807) is 18.1 Å². The van der Waals surface area contributed by atoms with E-state index in [1.165, 1.54) is 4.57 Å². The largest absolute Gasteiger partial charge is 0.372 e. The predicted molar refractivity (Wildman–Crippen MR) is 116 cm³/mol. The topological polar surface area (TPSA) is 98.5 Å². The average Bonchev–Trinajstić information content (AvgIpc) is 3.03. The molecule has 168 valence electrons. The van der Waals surface area contributed by atoms with E-state index in [0.717, 1.165) is 34.6 Å². The summed E-state index contributed by atoms with van der Waals surface area (Å²) in [4.78, 5) is 39.9. The number of carbonyl (C=O) groups excluding carboxylic acids is 2. The quantitative estimate of drug-likeness (QED) is 0.710. The van der Waals surface area contributed by atoms with Crippen molar-refractivity contribution in [2.24, 2.45) is 7.05 Å². The molecular formula is C22H31N5O4. The summed E-state index contributed by atoms with van der Waals surface area (Å²) in [5, 5.41) is 7.39. The molecule has 0 fully saturated rings. The highest BCUT2D eigenvalue weighted by atomic mass is 16.5. The minimum Gasteiger partial charge on any atom is -0.372 e. The van der Waals surface area contributed by atoms with Gasteiger partial charge in [-0.3, -0.25) is 19.1 Å². The van der Waals surface area contributed by atoms with E-state index in [4.69, 9.17) is 4.74 Å². The molecule has 2 amide bonds. The van der Waals surface area contributed by atoms with Crippen molar-refractivity contribution < 1.29 is 14.3 Å². The van der Waals surface area contributed by atoms with Gasteiger partial charge in [0.1, 0.15) is 12.2 Å². The zero-order chi connectivity index (χ0) is 22.7. The van der Waals surface area contributed by atoms with Crippen molar-refractivity contribution in [3.8, 4) is 0 Å². The van der Waals surface area contributed by atoms with Crippen LogP contribution in [0.4, 0.5) is 0 Å². The summed E-state index contributed by atoms with van der Waals surface area (Å²) in [6.07, 6.45) is 2.17. The summed E-state index contributed by atoms with van der Waals surface area (Å²) < 4.78 is 8.54. The zero-order valence-electron chi connectivity index (χ0n) is 18.9. The second kappa shape index (κ2) is 9.47. The van der Waals surface area contributed by atoms with Crippen molar-refractivity contribution in [2.75, 3.05) is 19.8 Å². The van der Waals surface area contributed by atoms with E-state index in [-0.39, 0.29) is 23.6 Å². The molecule has 0 atom stereocenters. The maximum atomic E-state index is 13.1. The van der Waals surface area contributed by atoms with Crippen LogP contribution in [0.1, 0.15) is 52.3 Å². The normalized spacial score (nSPS) is 13.3. The maximum absolute atomic E-state index is 13.1. The number of hydrogen-bond donors (Lipinski definition) is 1. The Balaban J connectivity index is 1.83. The van der Waals surface area contributed by atoms with E-state index in [9.17, 15) is 14.4 Å². The lowest BCUT2D eigenvalue weighted by molar-refractivity contribution is -0.136. The van der Waals surface area contributed by atoms with Gasteiger partial charge < -0.3 is 19.5 Å². The Morgan fingerprint density at radius 3 is 2.65 bits per heavy atom. The number of carbonyl (C=O) groups is 2. The lowest BCUT2D eigenvalue weighted by Crippen LogP contribution is -2.42. The number of nitrogens with one attached hydrogen (secondary N) is 1. The number of hydrogen-bond acceptors (Lipinski definition) is 5. The average molecular weight is 430 g/mol. The Bertz CT molecular complexity index is 1050. The van der Waals surface area contributed by atoms with E-state index in [2.05, 4.69) is 10.4 Å². The minimum absolute atomic E-state index is 0.0368. The first-order chi connectivity index (χ1) is 14.8. The van der Waals surface area contributed by atoms with Crippen molar-refractivity contribution in [1.82, 2.24) is 24.6 Å². The van der Waals surface area contributed by atoms with Crippen LogP contribution in [0, 0.1) is 13.8 Å². The molecule has 2 aromatic heterocycles. The molecule has 0 unspecified atom stereocenters. The third-order valence-electron chi connectivity index (χ3n) is 5.83. The highest BCUT2D eigenvalue weighted by molar-refractivity contribution is 5.95. The molecule has 3 heterocycles. The third-order valence-corrected chi connectivity index (χ3v) is 5.83. The second-order valence-corrected chi connectivity index (χ2v) is 7.77. The van der Waals surface area contributed by atoms with Crippen LogP contribution in [-0.2, 0) is 42.6 Å². The van der Waals surface area contributed by atoms with Gasteiger partial charge in [-0.1, -0.05) is 0 Å². The molecule has 2 aromatic rings. The van der Waals surface area contributed by atoms with Crippen LogP contribution in [0.25, 0.3) is 0 Å². The highest BCUT2D eigenvalue weighted by Gasteiger charge is 2.27. The van der Waals surface area contributed by atoms with Crippen molar-refractivity contribution in [1.29, 1.82) is 0 Å². The number of rotatable bonds is 7. The van der Waals surface area contributed by atoms with Gasteiger partial charge >= 0.3 is 0 Å². The first-order valence-electron chi connectivity index (χ1n) is 10.7. The molecule has 1 aliphatic heterocycles. The van der Waals surface area contributed by atoms with Gasteiger partial charge in [0, 0.05) is 57.3 Å². The fourth-order valence-corrected chi connectivity index (χ4v) is 4.07. The van der Waals surface area contributed by atoms with Crippen LogP contribution < -0.4 is 10.9 Å². The summed E-state index contributed by atoms with van der Waals surface area (Å²) in [7, 11) is 1.62. The van der Waals surface area contributed by atoms with E-state index in [0.29, 0.717) is 32.7 Å². The molecule has 31 heavy (non-hydrogen) atoms. The number of aromatic nitrogens is 3. The van der Waals surface area contributed by atoms with Gasteiger partial charge in [-0.05, 0) is 45.2 Å². The second-order valence-electron chi connectivity index (χ2n) is 7.77. The summed E-state index contributed by atoms with van der Waals surface area (Å²) in [6.45, 7) is 10.1. The summed E-state index contributed by atoms with van der Waals surface area (Å²) in [5.41, 5.74) is 4.20. The minimum atomic E-state index is -0.394. The predicted octanol–water partition coefficient (Wildman–Crippen LogP) is 1.07. The van der Waals surface area contributed by atoms with Crippen LogP contribution in [0.15, 0.2) is 11.0 Å². The molecular weight excluding hydrogens is 398 g/mol. The number of ether oxygens (including phenoxy) is 1. The van der Waals surface area contributed by atoms with Crippen LogP contribution in [0.3, 0.4) is 0 Å². The summed E-state index contributed by atoms with van der Waals surface area (Å²) in [6, 6.07) is 0. The Hall–Kier alpha value is -2.94. The van der Waals surface area contributed by atoms with Gasteiger partial charge in [0.25, 0.3) is 11.5 Å². The van der Waals surface area contributed by atoms with Crippen molar-refractivity contribution in [2.45, 2.75) is 53.8 Å². The Labute approximate surface area is 182 Å². The first-order valence-corrected chi connectivity index (χ1v) is 10.7. The maximum Gasteiger partial charge on any atom is 0.263 e. The van der Waals surface area contributed by atoms with Crippen molar-refractivity contribution in [3.63, 3.8) is 0 Å². The standard InChI is InChI=1S/C22H31N5O4/c1-6-27-15(4)18(14(3)24-27)10-23-21(29)20-17-8-9-26(19(28)13-31-7-2)12-16(17)11-25(5)22(20)30/h11H,6-10,12-13H2,1-5H3,(H,23,29). The molecule has 1 N–H and O–H groups in total. The molecule has 0 aromatic carbocycles. The lowest BCUT2D eigenvalue weighted by atomic mass is 9.96. The number of aryl methyl sites for hydroxylation is 3. The zero-order valence-corrected chi connectivity index (χ0v) is 18.9. The number of fused-ring (bicyclic) bond motifs is 1. The van der Waals surface area contributed by atoms with Crippen LogP contribution in [0.2, 0.25) is 0 Å². The van der Waals surface area contributed by atoms with Gasteiger partial charge in [0.2, 0.25) is 5.91 Å². The molecule has 0 bridgehead atoms. The SMILES string of the molecule is CCOCC(=O)N1CCc2c(cn(C)c(=O)c2C(=O)NCc2c(C)nn(CC)c2C)C1. The molecule has 0 saturated heterocycles. The van der Waals surface area contributed by atoms with Gasteiger partial charge in [-0.25, -0.2) is 0 Å². The molecule has 0 radical (unpaired) electrons. The van der Waals surface area contributed by atoms with Gasteiger partial charge in [-0.15, -0.1) is 0 Å². The van der Waals surface area contributed by atoms with Crippen LogP contribution in [0.5, 0.6) is 0 Å². The van der Waals surface area contributed by atoms with Gasteiger partial charge in [0.15, 0.2) is 0 Å². The summed E-state index contributed by atoms with van der Waals surface area (Å²) >= 11 is 0. The third kappa shape index (κ3) is 4.56. The van der Waals surface area contributed by atoms with E-state index >= 15 is 0 Å². The lowest BCUT2D eigenvalue weighted by Gasteiger charge is -2.30. The first kappa shape index (κ1) is 22.7. The molecule has 1 aliphatic rings. The molecule has 9 nitrogen and oxygen atoms in total. The van der Waals surface area contributed by atoms with Crippen molar-refractivity contribution >= 4 is 11.8 Å². The molecule has 0 spiro atoms. The fourth-order valence-electron chi connectivity index (χ4n) is 4.07. The Morgan fingerprint density at radius 1 is 1.26 bits per heavy atom. The molecule has 9 heteroatoms. The Morgan fingerprint density at radius 2 is 2.00 bits per heavy atom. The number of nitrogens with zero attached hydrogens (tertiary/aromatic N) is 4. The van der Waals surface area contributed by atoms with Gasteiger partial charge in [0.05, 0.1) is 5.69 Å². The smallest absolute Gasteiger partial charge is 0.263 e. The van der Waals surface area contributed by atoms with E-state index < -0.39 is 5.91 Å². The van der Waals surface area contributed by atoms with Crippen molar-refractivity contribution in [3.05, 3.63) is 50.2 Å². The number of amides is 2. The fraction of sp³-hybridized carbons (Fsp3) is 0.545. The Kier molecular flexibility index (Phi) is 6.94. The van der Waals surface area contributed by atoms with Crippen LogP contribution >= 0.6 is 0 Å². The monoisotopic (exact) mass is 429 g/mol. The molecule has 3 rings (SSSR count). The van der Waals surface area contributed by atoms with Gasteiger partial charge in [-0.2, -0.15) is 5.10 Å². The van der Waals surface area contributed by atoms with Crippen LogP contribution in [-0.4, -0.2) is 50.8 Å². The highest BCUT2D eigenvalue weighted by Crippen LogP contribution is 2.21.